The van der Waals surface area contributed by atoms with Crippen molar-refractivity contribution in [2.75, 3.05) is 31.6 Å². The van der Waals surface area contributed by atoms with E-state index < -0.39 is 0 Å². The molecule has 124 valence electrons. The van der Waals surface area contributed by atoms with Crippen LogP contribution in [-0.2, 0) is 14.3 Å². The Hall–Kier alpha value is -2.73. The molecule has 0 radical (unpaired) electrons. The van der Waals surface area contributed by atoms with Gasteiger partial charge in [-0.05, 0) is 43.3 Å². The lowest BCUT2D eigenvalue weighted by Crippen LogP contribution is -2.40. The molecule has 1 aliphatic carbocycles. The molecular formula is C18H18N2O4. The van der Waals surface area contributed by atoms with Crippen LogP contribution in [0.1, 0.15) is 17.3 Å². The zero-order valence-electron chi connectivity index (χ0n) is 13.4. The first-order chi connectivity index (χ1) is 11.6. The van der Waals surface area contributed by atoms with E-state index in [2.05, 4.69) is 5.32 Å². The minimum Gasteiger partial charge on any atom is -0.378 e. The number of ether oxygens (including phenoxy) is 1. The number of nitrogens with one attached hydrogen (secondary N) is 1. The lowest BCUT2D eigenvalue weighted by molar-refractivity contribution is -0.116. The van der Waals surface area contributed by atoms with Crippen LogP contribution in [0.2, 0.25) is 0 Å². The highest BCUT2D eigenvalue weighted by Crippen LogP contribution is 2.22. The number of carbonyl (C=O) groups excluding carboxylic acids is 3. The second kappa shape index (κ2) is 6.80. The molecule has 0 spiro atoms. The van der Waals surface area contributed by atoms with Gasteiger partial charge in [0.2, 0.25) is 11.6 Å². The monoisotopic (exact) mass is 326 g/mol. The van der Waals surface area contributed by atoms with Crippen LogP contribution in [0.5, 0.6) is 0 Å². The summed E-state index contributed by atoms with van der Waals surface area (Å²) in [5, 5.41) is 3.04. The van der Waals surface area contributed by atoms with Crippen molar-refractivity contribution in [2.45, 2.75) is 6.92 Å². The quantitative estimate of drug-likeness (QED) is 0.668. The number of allylic oxidation sites excluding steroid dienone is 2. The van der Waals surface area contributed by atoms with Gasteiger partial charge in [0, 0.05) is 24.3 Å². The van der Waals surface area contributed by atoms with Gasteiger partial charge in [-0.15, -0.1) is 0 Å². The molecule has 1 fully saturated rings. The van der Waals surface area contributed by atoms with Crippen molar-refractivity contribution in [3.8, 4) is 0 Å². The van der Waals surface area contributed by atoms with E-state index in [0.717, 1.165) is 0 Å². The topological polar surface area (TPSA) is 75.7 Å². The number of anilines is 1. The molecular weight excluding hydrogens is 308 g/mol. The molecule has 6 nitrogen and oxygen atoms in total. The summed E-state index contributed by atoms with van der Waals surface area (Å²) in [5.74, 6) is -0.465. The maximum absolute atomic E-state index is 12.3. The number of Topliss-reactive ketones (excluding diaryl/α,β-unsaturated/α-hetero) is 1. The summed E-state index contributed by atoms with van der Waals surface area (Å²) in [6, 6.07) is 6.81. The lowest BCUT2D eigenvalue weighted by atomic mass is 10.0. The smallest absolute Gasteiger partial charge is 0.204 e. The number of rotatable bonds is 4. The largest absolute Gasteiger partial charge is 0.378 e. The van der Waals surface area contributed by atoms with Crippen LogP contribution in [0.3, 0.4) is 0 Å². The minimum atomic E-state index is -0.244. The number of hydrogen-bond acceptors (Lipinski definition) is 6. The van der Waals surface area contributed by atoms with Crippen molar-refractivity contribution in [3.63, 3.8) is 0 Å². The summed E-state index contributed by atoms with van der Waals surface area (Å²) < 4.78 is 5.31. The summed E-state index contributed by atoms with van der Waals surface area (Å²) in [4.78, 5) is 37.8. The normalized spacial score (nSPS) is 18.1. The highest BCUT2D eigenvalue weighted by atomic mass is 16.5. The summed E-state index contributed by atoms with van der Waals surface area (Å²) in [7, 11) is 0. The summed E-state index contributed by atoms with van der Waals surface area (Å²) >= 11 is 0. The Kier molecular flexibility index (Phi) is 4.57. The van der Waals surface area contributed by atoms with Crippen molar-refractivity contribution in [1.29, 1.82) is 0 Å². The van der Waals surface area contributed by atoms with Gasteiger partial charge in [0.05, 0.1) is 13.2 Å². The molecule has 6 heteroatoms. The van der Waals surface area contributed by atoms with Crippen molar-refractivity contribution in [1.82, 2.24) is 4.90 Å². The van der Waals surface area contributed by atoms with Crippen molar-refractivity contribution in [3.05, 3.63) is 53.4 Å². The highest BCUT2D eigenvalue weighted by molar-refractivity contribution is 6.21. The van der Waals surface area contributed by atoms with Gasteiger partial charge in [0.1, 0.15) is 11.4 Å². The molecule has 2 aliphatic rings. The summed E-state index contributed by atoms with van der Waals surface area (Å²) in [5.41, 5.74) is 1.88. The molecule has 1 heterocycles. The molecule has 1 aromatic rings. The predicted molar refractivity (Wildman–Crippen MR) is 88.6 cm³/mol. The van der Waals surface area contributed by atoms with E-state index in [-0.39, 0.29) is 23.0 Å². The van der Waals surface area contributed by atoms with E-state index >= 15 is 0 Å². The van der Waals surface area contributed by atoms with E-state index in [1.54, 1.807) is 24.3 Å². The molecule has 1 N–H and O–H groups in total. The van der Waals surface area contributed by atoms with Gasteiger partial charge in [-0.1, -0.05) is 0 Å². The van der Waals surface area contributed by atoms with Crippen LogP contribution in [0.25, 0.3) is 0 Å². The molecule has 24 heavy (non-hydrogen) atoms. The van der Waals surface area contributed by atoms with Crippen LogP contribution in [-0.4, -0.2) is 48.6 Å². The third-order valence-electron chi connectivity index (χ3n) is 3.99. The van der Waals surface area contributed by atoms with Crippen LogP contribution < -0.4 is 5.32 Å². The number of hydrogen-bond donors (Lipinski definition) is 1. The summed E-state index contributed by atoms with van der Waals surface area (Å²) in [6.07, 6.45) is 2.58. The number of benzene rings is 1. The second-order valence-electron chi connectivity index (χ2n) is 5.64. The van der Waals surface area contributed by atoms with E-state index in [4.69, 9.17) is 4.74 Å². The second-order valence-corrected chi connectivity index (χ2v) is 5.64. The van der Waals surface area contributed by atoms with E-state index in [0.29, 0.717) is 43.3 Å². The fourth-order valence-corrected chi connectivity index (χ4v) is 2.71. The summed E-state index contributed by atoms with van der Waals surface area (Å²) in [6.45, 7) is 3.67. The molecule has 0 unspecified atom stereocenters. The average Bonchev–Trinajstić information content (AvgIpc) is 2.59. The molecule has 0 atom stereocenters. The van der Waals surface area contributed by atoms with Gasteiger partial charge < -0.3 is 15.0 Å². The molecule has 3 rings (SSSR count). The molecule has 1 aromatic carbocycles. The first-order valence-corrected chi connectivity index (χ1v) is 7.78. The van der Waals surface area contributed by atoms with Gasteiger partial charge >= 0.3 is 0 Å². The minimum absolute atomic E-state index is 0.0263. The van der Waals surface area contributed by atoms with Gasteiger partial charge in [-0.3, -0.25) is 14.4 Å². The zero-order valence-corrected chi connectivity index (χ0v) is 13.4. The molecule has 1 aliphatic heterocycles. The van der Waals surface area contributed by atoms with E-state index in [1.165, 1.54) is 19.1 Å². The Morgan fingerprint density at radius 1 is 1.04 bits per heavy atom. The first kappa shape index (κ1) is 16.1. The van der Waals surface area contributed by atoms with Crippen molar-refractivity contribution < 1.29 is 19.1 Å². The Balaban J connectivity index is 1.92. The average molecular weight is 326 g/mol. The molecule has 0 saturated carbocycles. The predicted octanol–water partition coefficient (Wildman–Crippen LogP) is 1.55. The van der Waals surface area contributed by atoms with Crippen LogP contribution >= 0.6 is 0 Å². The SMILES string of the molecule is CC(=O)c1ccc(NC2=C(N3CCOCC3)C(=O)C=CC2=O)cc1. The van der Waals surface area contributed by atoms with Gasteiger partial charge in [-0.2, -0.15) is 0 Å². The Morgan fingerprint density at radius 2 is 1.67 bits per heavy atom. The van der Waals surface area contributed by atoms with Gasteiger partial charge in [-0.25, -0.2) is 0 Å². The number of carbonyl (C=O) groups is 3. The third kappa shape index (κ3) is 3.28. The van der Waals surface area contributed by atoms with Crippen molar-refractivity contribution >= 4 is 23.0 Å². The Labute approximate surface area is 139 Å². The number of morpholine rings is 1. The molecule has 0 bridgehead atoms. The maximum Gasteiger partial charge on any atom is 0.204 e. The molecule has 1 saturated heterocycles. The lowest BCUT2D eigenvalue weighted by Gasteiger charge is -2.32. The zero-order chi connectivity index (χ0) is 17.1. The Morgan fingerprint density at radius 3 is 2.29 bits per heavy atom. The van der Waals surface area contributed by atoms with Crippen LogP contribution in [0.15, 0.2) is 47.8 Å². The van der Waals surface area contributed by atoms with E-state index in [1.807, 2.05) is 4.90 Å². The third-order valence-corrected chi connectivity index (χ3v) is 3.99. The van der Waals surface area contributed by atoms with Crippen LogP contribution in [0, 0.1) is 0 Å². The van der Waals surface area contributed by atoms with E-state index in [9.17, 15) is 14.4 Å². The van der Waals surface area contributed by atoms with Crippen LogP contribution in [0.4, 0.5) is 5.69 Å². The van der Waals surface area contributed by atoms with Gasteiger partial charge in [0.15, 0.2) is 5.78 Å². The maximum atomic E-state index is 12.3. The molecule has 0 aromatic heterocycles. The highest BCUT2D eigenvalue weighted by Gasteiger charge is 2.28. The Bertz CT molecular complexity index is 741. The fourth-order valence-electron chi connectivity index (χ4n) is 2.71. The molecule has 0 amide bonds. The number of nitrogens with zero attached hydrogens (tertiary/aromatic N) is 1. The first-order valence-electron chi connectivity index (χ1n) is 7.78. The van der Waals surface area contributed by atoms with Crippen molar-refractivity contribution in [2.24, 2.45) is 0 Å². The fraction of sp³-hybridized carbons (Fsp3) is 0.278. The number of ketones is 3. The van der Waals surface area contributed by atoms with Gasteiger partial charge in [0.25, 0.3) is 0 Å². The standard InChI is InChI=1S/C18H18N2O4/c1-12(21)13-2-4-14(5-3-13)19-17-15(22)6-7-16(23)18(17)20-8-10-24-11-9-20/h2-7,19H,8-11H2,1H3.